The monoisotopic (exact) mass is 299 g/mol. The molecule has 0 amide bonds. The van der Waals surface area contributed by atoms with E-state index < -0.39 is 5.97 Å². The van der Waals surface area contributed by atoms with Gasteiger partial charge in [0.25, 0.3) is 0 Å². The fourth-order valence-electron chi connectivity index (χ4n) is 2.73. The van der Waals surface area contributed by atoms with Gasteiger partial charge in [-0.25, -0.2) is 4.68 Å². The summed E-state index contributed by atoms with van der Waals surface area (Å²) in [4.78, 5) is 13.1. The van der Waals surface area contributed by atoms with Gasteiger partial charge in [-0.2, -0.15) is 0 Å². The Morgan fingerprint density at radius 1 is 1.55 bits per heavy atom. The zero-order valence-electron chi connectivity index (χ0n) is 11.0. The molecule has 1 N–H and O–H groups in total. The molecule has 3 rings (SSSR count). The van der Waals surface area contributed by atoms with Gasteiger partial charge in [-0.1, -0.05) is 11.8 Å². The highest BCUT2D eigenvalue weighted by Gasteiger charge is 2.32. The molecule has 3 heterocycles. The lowest BCUT2D eigenvalue weighted by atomic mass is 10.2. The predicted molar refractivity (Wildman–Crippen MR) is 70.5 cm³/mol. The van der Waals surface area contributed by atoms with E-state index in [0.29, 0.717) is 17.7 Å². The van der Waals surface area contributed by atoms with Crippen molar-refractivity contribution in [2.45, 2.75) is 36.7 Å². The van der Waals surface area contributed by atoms with Crippen LogP contribution in [0.4, 0.5) is 0 Å². The number of ether oxygens (including phenoxy) is 1. The van der Waals surface area contributed by atoms with E-state index in [2.05, 4.69) is 20.4 Å². The molecule has 0 radical (unpaired) electrons. The molecule has 2 aliphatic rings. The molecule has 2 saturated heterocycles. The third-order valence-corrected chi connectivity index (χ3v) is 4.60. The SMILES string of the molecule is O=C(O)CSc1nnnn1CC1CN2CCCC2CO1. The number of rotatable bonds is 5. The quantitative estimate of drug-likeness (QED) is 0.742. The standard InChI is InChI=1S/C11H17N5O3S/c17-10(18)7-20-11-12-13-14-16(11)5-9-4-15-3-1-2-8(15)6-19-9/h8-9H,1-7H2,(H,17,18). The first-order chi connectivity index (χ1) is 9.72. The molecular formula is C11H17N5O3S. The first-order valence-electron chi connectivity index (χ1n) is 6.69. The van der Waals surface area contributed by atoms with Gasteiger partial charge < -0.3 is 9.84 Å². The second-order valence-electron chi connectivity index (χ2n) is 5.07. The molecule has 0 aromatic carbocycles. The van der Waals surface area contributed by atoms with Crippen LogP contribution < -0.4 is 0 Å². The summed E-state index contributed by atoms with van der Waals surface area (Å²) in [5.74, 6) is -0.918. The van der Waals surface area contributed by atoms with Gasteiger partial charge in [0.2, 0.25) is 5.16 Å². The molecule has 0 aliphatic carbocycles. The second kappa shape index (κ2) is 6.06. The van der Waals surface area contributed by atoms with Gasteiger partial charge in [-0.15, -0.1) is 5.10 Å². The zero-order chi connectivity index (χ0) is 13.9. The van der Waals surface area contributed by atoms with E-state index in [1.54, 1.807) is 4.68 Å². The van der Waals surface area contributed by atoms with Crippen molar-refractivity contribution in [3.8, 4) is 0 Å². The molecule has 1 aromatic rings. The van der Waals surface area contributed by atoms with Crippen LogP contribution in [0.3, 0.4) is 0 Å². The molecule has 8 nitrogen and oxygen atoms in total. The van der Waals surface area contributed by atoms with E-state index in [-0.39, 0.29) is 11.9 Å². The van der Waals surface area contributed by atoms with Crippen molar-refractivity contribution in [1.29, 1.82) is 0 Å². The molecule has 9 heteroatoms. The van der Waals surface area contributed by atoms with Gasteiger partial charge in [0.15, 0.2) is 0 Å². The Bertz CT molecular complexity index is 482. The van der Waals surface area contributed by atoms with Gasteiger partial charge in [0, 0.05) is 12.6 Å². The number of carboxylic acids is 1. The lowest BCUT2D eigenvalue weighted by Gasteiger charge is -2.35. The minimum absolute atomic E-state index is 0.0416. The summed E-state index contributed by atoms with van der Waals surface area (Å²) >= 11 is 1.13. The van der Waals surface area contributed by atoms with Crippen LogP contribution in [0, 0.1) is 0 Å². The van der Waals surface area contributed by atoms with E-state index in [4.69, 9.17) is 9.84 Å². The summed E-state index contributed by atoms with van der Waals surface area (Å²) in [5.41, 5.74) is 0. The first kappa shape index (κ1) is 13.8. The lowest BCUT2D eigenvalue weighted by Crippen LogP contribution is -2.47. The molecule has 20 heavy (non-hydrogen) atoms. The number of carboxylic acid groups (broad SMARTS) is 1. The number of aromatic nitrogens is 4. The van der Waals surface area contributed by atoms with E-state index in [1.165, 1.54) is 12.8 Å². The van der Waals surface area contributed by atoms with Crippen molar-refractivity contribution >= 4 is 17.7 Å². The van der Waals surface area contributed by atoms with Crippen molar-refractivity contribution in [2.24, 2.45) is 0 Å². The number of hydrogen-bond acceptors (Lipinski definition) is 7. The summed E-state index contributed by atoms with van der Waals surface area (Å²) < 4.78 is 7.50. The first-order valence-corrected chi connectivity index (χ1v) is 7.67. The van der Waals surface area contributed by atoms with Gasteiger partial charge in [-0.3, -0.25) is 9.69 Å². The number of aliphatic carboxylic acids is 1. The van der Waals surface area contributed by atoms with E-state index >= 15 is 0 Å². The topological polar surface area (TPSA) is 93.4 Å². The fraction of sp³-hybridized carbons (Fsp3) is 0.818. The number of morpholine rings is 1. The van der Waals surface area contributed by atoms with Crippen molar-refractivity contribution in [1.82, 2.24) is 25.1 Å². The highest BCUT2D eigenvalue weighted by atomic mass is 32.2. The van der Waals surface area contributed by atoms with Crippen molar-refractivity contribution in [2.75, 3.05) is 25.4 Å². The maximum absolute atomic E-state index is 10.6. The Morgan fingerprint density at radius 3 is 3.30 bits per heavy atom. The van der Waals surface area contributed by atoms with Crippen LogP contribution in [0.25, 0.3) is 0 Å². The average Bonchev–Trinajstić information content (AvgIpc) is 3.04. The molecule has 110 valence electrons. The Kier molecular flexibility index (Phi) is 4.18. The van der Waals surface area contributed by atoms with Crippen LogP contribution in [0.15, 0.2) is 5.16 Å². The summed E-state index contributed by atoms with van der Waals surface area (Å²) in [6.07, 6.45) is 2.53. The number of fused-ring (bicyclic) bond motifs is 1. The second-order valence-corrected chi connectivity index (χ2v) is 6.01. The summed E-state index contributed by atoms with van der Waals surface area (Å²) in [6, 6.07) is 0.570. The third-order valence-electron chi connectivity index (χ3n) is 3.66. The summed E-state index contributed by atoms with van der Waals surface area (Å²) in [7, 11) is 0. The Labute approximate surface area is 120 Å². The molecule has 0 bridgehead atoms. The minimum atomic E-state index is -0.877. The number of carbonyl (C=O) groups is 1. The van der Waals surface area contributed by atoms with Crippen LogP contribution in [0.5, 0.6) is 0 Å². The molecule has 2 atom stereocenters. The van der Waals surface area contributed by atoms with Crippen LogP contribution in [-0.4, -0.2) is 73.8 Å². The van der Waals surface area contributed by atoms with Crippen molar-refractivity contribution < 1.29 is 14.6 Å². The van der Waals surface area contributed by atoms with Gasteiger partial charge >= 0.3 is 5.97 Å². The number of thioether (sulfide) groups is 1. The third kappa shape index (κ3) is 3.10. The number of hydrogen-bond donors (Lipinski definition) is 1. The maximum atomic E-state index is 10.6. The van der Waals surface area contributed by atoms with Gasteiger partial charge in [-0.05, 0) is 29.8 Å². The van der Waals surface area contributed by atoms with Crippen LogP contribution in [0.1, 0.15) is 12.8 Å². The van der Waals surface area contributed by atoms with Crippen molar-refractivity contribution in [3.63, 3.8) is 0 Å². The van der Waals surface area contributed by atoms with E-state index in [0.717, 1.165) is 31.5 Å². The summed E-state index contributed by atoms with van der Waals surface area (Å²) in [5, 5.41) is 20.6. The Morgan fingerprint density at radius 2 is 2.45 bits per heavy atom. The molecule has 2 fully saturated rings. The Balaban J connectivity index is 1.57. The zero-order valence-corrected chi connectivity index (χ0v) is 11.8. The van der Waals surface area contributed by atoms with Crippen LogP contribution in [0.2, 0.25) is 0 Å². The largest absolute Gasteiger partial charge is 0.481 e. The van der Waals surface area contributed by atoms with E-state index in [1.807, 2.05) is 0 Å². The highest BCUT2D eigenvalue weighted by Crippen LogP contribution is 2.23. The molecule has 0 saturated carbocycles. The van der Waals surface area contributed by atoms with Gasteiger partial charge in [0.05, 0.1) is 25.0 Å². The van der Waals surface area contributed by atoms with Gasteiger partial charge in [0.1, 0.15) is 0 Å². The van der Waals surface area contributed by atoms with Crippen LogP contribution >= 0.6 is 11.8 Å². The lowest BCUT2D eigenvalue weighted by molar-refractivity contribution is -0.133. The number of tetrazole rings is 1. The average molecular weight is 299 g/mol. The summed E-state index contributed by atoms with van der Waals surface area (Å²) in [6.45, 7) is 3.37. The molecule has 2 unspecified atom stereocenters. The molecule has 2 aliphatic heterocycles. The fourth-order valence-corrected chi connectivity index (χ4v) is 3.34. The van der Waals surface area contributed by atoms with Crippen LogP contribution in [-0.2, 0) is 16.1 Å². The van der Waals surface area contributed by atoms with Crippen molar-refractivity contribution in [3.05, 3.63) is 0 Å². The molecule has 0 spiro atoms. The minimum Gasteiger partial charge on any atom is -0.481 e. The van der Waals surface area contributed by atoms with E-state index in [9.17, 15) is 4.79 Å². The maximum Gasteiger partial charge on any atom is 0.313 e. The molecular weight excluding hydrogens is 282 g/mol. The highest BCUT2D eigenvalue weighted by molar-refractivity contribution is 7.99. The smallest absolute Gasteiger partial charge is 0.313 e. The Hall–Kier alpha value is -1.19. The normalized spacial score (nSPS) is 26.6. The molecule has 1 aromatic heterocycles. The predicted octanol–water partition coefficient (Wildman–Crippen LogP) is -0.287. The number of nitrogens with zero attached hydrogens (tertiary/aromatic N) is 5.